The van der Waals surface area contributed by atoms with E-state index in [4.69, 9.17) is 4.52 Å². The summed E-state index contributed by atoms with van der Waals surface area (Å²) in [5.41, 5.74) is 0.238. The van der Waals surface area contributed by atoms with Crippen molar-refractivity contribution in [2.75, 3.05) is 0 Å². The lowest BCUT2D eigenvalue weighted by atomic mass is 10.2. The molecule has 0 aliphatic carbocycles. The molecule has 0 saturated carbocycles. The molecule has 0 amide bonds. The van der Waals surface area contributed by atoms with Gasteiger partial charge in [-0.15, -0.1) is 11.3 Å². The van der Waals surface area contributed by atoms with E-state index in [2.05, 4.69) is 20.1 Å². The number of hydrogen-bond acceptors (Lipinski definition) is 7. The number of rotatable bonds is 4. The first-order chi connectivity index (χ1) is 12.5. The number of thiophene rings is 1. The van der Waals surface area contributed by atoms with Crippen molar-refractivity contribution in [1.29, 1.82) is 0 Å². The molecule has 3 aromatic heterocycles. The van der Waals surface area contributed by atoms with Crippen molar-refractivity contribution < 1.29 is 17.7 Å². The normalized spacial score (nSPS) is 12.0. The Hall–Kier alpha value is -2.46. The molecule has 0 aliphatic rings. The van der Waals surface area contributed by atoms with Crippen LogP contribution in [0.5, 0.6) is 0 Å². The second-order valence-electron chi connectivity index (χ2n) is 5.14. The molecular weight excluding hydrogens is 385 g/mol. The third-order valence-electron chi connectivity index (χ3n) is 3.36. The van der Waals surface area contributed by atoms with Gasteiger partial charge in [0.2, 0.25) is 17.5 Å². The third-order valence-corrected chi connectivity index (χ3v) is 5.21. The number of benzene rings is 1. The first-order valence-corrected chi connectivity index (χ1v) is 9.20. The van der Waals surface area contributed by atoms with Crippen molar-refractivity contribution in [3.63, 3.8) is 0 Å². The van der Waals surface area contributed by atoms with Crippen LogP contribution in [0.4, 0.5) is 13.2 Å². The van der Waals surface area contributed by atoms with Crippen LogP contribution in [0.3, 0.4) is 0 Å². The fourth-order valence-corrected chi connectivity index (χ4v) is 3.74. The van der Waals surface area contributed by atoms with Gasteiger partial charge in [0.15, 0.2) is 0 Å². The lowest BCUT2D eigenvalue weighted by Gasteiger charge is -2.09. The summed E-state index contributed by atoms with van der Waals surface area (Å²) in [6.45, 7) is 0. The number of aromatic nitrogens is 4. The number of thioether (sulfide) groups is 1. The Labute approximate surface area is 153 Å². The van der Waals surface area contributed by atoms with E-state index in [0.717, 1.165) is 16.6 Å². The van der Waals surface area contributed by atoms with E-state index in [-0.39, 0.29) is 16.3 Å². The summed E-state index contributed by atoms with van der Waals surface area (Å²) in [4.78, 5) is 12.4. The first kappa shape index (κ1) is 17.0. The summed E-state index contributed by atoms with van der Waals surface area (Å²) < 4.78 is 44.3. The van der Waals surface area contributed by atoms with Crippen molar-refractivity contribution in [1.82, 2.24) is 20.1 Å². The van der Waals surface area contributed by atoms with Gasteiger partial charge >= 0.3 is 6.18 Å². The van der Waals surface area contributed by atoms with Gasteiger partial charge in [0.05, 0.1) is 16.1 Å². The summed E-state index contributed by atoms with van der Waals surface area (Å²) in [7, 11) is 0. The van der Waals surface area contributed by atoms with E-state index in [1.165, 1.54) is 17.4 Å². The molecular formula is C16H9F3N4OS2. The quantitative estimate of drug-likeness (QED) is 0.356. The van der Waals surface area contributed by atoms with E-state index < -0.39 is 12.0 Å². The van der Waals surface area contributed by atoms with Gasteiger partial charge in [-0.2, -0.15) is 18.2 Å². The van der Waals surface area contributed by atoms with Crippen LogP contribution in [0.1, 0.15) is 11.7 Å². The van der Waals surface area contributed by atoms with Gasteiger partial charge in [-0.25, -0.2) is 9.97 Å². The van der Waals surface area contributed by atoms with E-state index in [1.54, 1.807) is 18.2 Å². The molecule has 3 heterocycles. The van der Waals surface area contributed by atoms with Crippen molar-refractivity contribution >= 4 is 34.0 Å². The summed E-state index contributed by atoms with van der Waals surface area (Å²) in [6.07, 6.45) is -4.61. The van der Waals surface area contributed by atoms with Crippen LogP contribution in [0.15, 0.2) is 51.3 Å². The highest BCUT2D eigenvalue weighted by Gasteiger charge is 2.35. The molecule has 1 aromatic carbocycles. The molecule has 4 rings (SSSR count). The number of nitrogens with zero attached hydrogens (tertiary/aromatic N) is 4. The van der Waals surface area contributed by atoms with Gasteiger partial charge in [0.25, 0.3) is 0 Å². The number of hydrogen-bond donors (Lipinski definition) is 0. The zero-order valence-corrected chi connectivity index (χ0v) is 14.5. The summed E-state index contributed by atoms with van der Waals surface area (Å²) >= 11 is 2.57. The Kier molecular flexibility index (Phi) is 4.37. The Morgan fingerprint density at radius 1 is 1.04 bits per heavy atom. The topological polar surface area (TPSA) is 64.7 Å². The van der Waals surface area contributed by atoms with Crippen LogP contribution >= 0.6 is 23.1 Å². The maximum Gasteiger partial charge on any atom is 0.451 e. The number of fused-ring (bicyclic) bond motifs is 1. The van der Waals surface area contributed by atoms with E-state index in [9.17, 15) is 13.2 Å². The standard InChI is InChI=1S/C16H9F3N4OS2/c17-16(18,19)15-20-10-5-2-1-4-9(10)14(22-15)26-8-12-21-13(23-24-12)11-6-3-7-25-11/h1-7H,8H2. The molecule has 26 heavy (non-hydrogen) atoms. The van der Waals surface area contributed by atoms with E-state index in [1.807, 2.05) is 17.5 Å². The van der Waals surface area contributed by atoms with Gasteiger partial charge in [0, 0.05) is 5.39 Å². The summed E-state index contributed by atoms with van der Waals surface area (Å²) in [5, 5.41) is 6.55. The minimum atomic E-state index is -4.61. The van der Waals surface area contributed by atoms with Crippen LogP contribution in [0, 0.1) is 0 Å². The molecule has 0 saturated heterocycles. The molecule has 5 nitrogen and oxygen atoms in total. The molecule has 0 bridgehead atoms. The van der Waals surface area contributed by atoms with E-state index >= 15 is 0 Å². The van der Waals surface area contributed by atoms with Crippen molar-refractivity contribution in [3.8, 4) is 10.7 Å². The molecule has 0 aliphatic heterocycles. The second-order valence-corrected chi connectivity index (χ2v) is 7.06. The molecule has 0 atom stereocenters. The molecule has 10 heteroatoms. The number of halogens is 3. The summed E-state index contributed by atoms with van der Waals surface area (Å²) in [5.74, 6) is -0.186. The SMILES string of the molecule is FC(F)(F)c1nc(SCc2nc(-c3cccs3)no2)c2ccccc2n1. The highest BCUT2D eigenvalue weighted by atomic mass is 32.2. The van der Waals surface area contributed by atoms with Gasteiger partial charge in [-0.05, 0) is 17.5 Å². The van der Waals surface area contributed by atoms with Crippen LogP contribution in [0.25, 0.3) is 21.6 Å². The lowest BCUT2D eigenvalue weighted by molar-refractivity contribution is -0.145. The van der Waals surface area contributed by atoms with Gasteiger partial charge < -0.3 is 4.52 Å². The Morgan fingerprint density at radius 3 is 2.65 bits per heavy atom. The van der Waals surface area contributed by atoms with Crippen LogP contribution in [-0.4, -0.2) is 20.1 Å². The Morgan fingerprint density at radius 2 is 1.88 bits per heavy atom. The predicted molar refractivity (Wildman–Crippen MR) is 91.7 cm³/mol. The first-order valence-electron chi connectivity index (χ1n) is 7.34. The number of alkyl halides is 3. The zero-order valence-electron chi connectivity index (χ0n) is 12.9. The average Bonchev–Trinajstić information content (AvgIpc) is 3.30. The van der Waals surface area contributed by atoms with Crippen molar-refractivity contribution in [3.05, 3.63) is 53.5 Å². The Bertz CT molecular complexity index is 1050. The molecule has 4 aromatic rings. The zero-order chi connectivity index (χ0) is 18.1. The van der Waals surface area contributed by atoms with Gasteiger partial charge in [0.1, 0.15) is 5.03 Å². The predicted octanol–water partition coefficient (Wildman–Crippen LogP) is 5.05. The van der Waals surface area contributed by atoms with Crippen LogP contribution < -0.4 is 0 Å². The monoisotopic (exact) mass is 394 g/mol. The minimum Gasteiger partial charge on any atom is -0.338 e. The lowest BCUT2D eigenvalue weighted by Crippen LogP contribution is -2.11. The van der Waals surface area contributed by atoms with E-state index in [0.29, 0.717) is 17.1 Å². The largest absolute Gasteiger partial charge is 0.451 e. The van der Waals surface area contributed by atoms with Crippen molar-refractivity contribution in [2.24, 2.45) is 0 Å². The molecule has 0 unspecified atom stereocenters. The Balaban J connectivity index is 1.62. The smallest absolute Gasteiger partial charge is 0.338 e. The molecule has 132 valence electrons. The molecule has 0 N–H and O–H groups in total. The van der Waals surface area contributed by atoms with Gasteiger partial charge in [-0.1, -0.05) is 41.2 Å². The molecule has 0 spiro atoms. The minimum absolute atomic E-state index is 0.205. The van der Waals surface area contributed by atoms with Crippen molar-refractivity contribution in [2.45, 2.75) is 17.0 Å². The van der Waals surface area contributed by atoms with Gasteiger partial charge in [-0.3, -0.25) is 0 Å². The van der Waals surface area contributed by atoms with Crippen LogP contribution in [0.2, 0.25) is 0 Å². The third kappa shape index (κ3) is 3.42. The fourth-order valence-electron chi connectivity index (χ4n) is 2.23. The maximum absolute atomic E-state index is 13.0. The maximum atomic E-state index is 13.0. The highest BCUT2D eigenvalue weighted by molar-refractivity contribution is 7.98. The molecule has 0 fully saturated rings. The average molecular weight is 394 g/mol. The number of para-hydroxylation sites is 1. The fraction of sp³-hybridized carbons (Fsp3) is 0.125. The summed E-state index contributed by atoms with van der Waals surface area (Å²) in [6, 6.07) is 10.3. The highest BCUT2D eigenvalue weighted by Crippen LogP contribution is 2.33. The van der Waals surface area contributed by atoms with Crippen LogP contribution in [-0.2, 0) is 11.9 Å². The second kappa shape index (κ2) is 6.69. The molecule has 0 radical (unpaired) electrons.